The van der Waals surface area contributed by atoms with E-state index in [-0.39, 0.29) is 0 Å². The number of rotatable bonds is 4. The van der Waals surface area contributed by atoms with E-state index in [2.05, 4.69) is 31.9 Å². The number of aliphatic hydroxyl groups is 1. The fraction of sp³-hybridized carbons (Fsp3) is 0.200. The highest BCUT2D eigenvalue weighted by Gasteiger charge is 2.22. The molecule has 6 heteroatoms. The highest BCUT2D eigenvalue weighted by Crippen LogP contribution is 2.43. The van der Waals surface area contributed by atoms with Gasteiger partial charge >= 0.3 is 0 Å². The van der Waals surface area contributed by atoms with Crippen LogP contribution in [0.25, 0.3) is 0 Å². The zero-order valence-electron chi connectivity index (χ0n) is 11.4. The van der Waals surface area contributed by atoms with Crippen molar-refractivity contribution in [3.05, 3.63) is 55.4 Å². The van der Waals surface area contributed by atoms with Crippen LogP contribution in [0.3, 0.4) is 0 Å². The van der Waals surface area contributed by atoms with Gasteiger partial charge in [-0.3, -0.25) is 0 Å². The van der Waals surface area contributed by atoms with Gasteiger partial charge < -0.3 is 14.6 Å². The van der Waals surface area contributed by atoms with Gasteiger partial charge in [-0.25, -0.2) is 0 Å². The monoisotopic (exact) mass is 434 g/mol. The minimum Gasteiger partial charge on any atom is -0.495 e. The van der Waals surface area contributed by atoms with E-state index in [1.807, 2.05) is 12.1 Å². The molecule has 2 aromatic carbocycles. The summed E-state index contributed by atoms with van der Waals surface area (Å²) in [4.78, 5) is 0. The molecule has 0 fully saturated rings. The lowest BCUT2D eigenvalue weighted by Gasteiger charge is -2.19. The van der Waals surface area contributed by atoms with Crippen LogP contribution in [0.5, 0.6) is 11.5 Å². The molecule has 2 rings (SSSR count). The third-order valence-electron chi connectivity index (χ3n) is 3.09. The number of halogens is 3. The summed E-state index contributed by atoms with van der Waals surface area (Å²) in [6, 6.07) is 8.93. The normalized spacial score (nSPS) is 12.1. The molecule has 21 heavy (non-hydrogen) atoms. The fourth-order valence-electron chi connectivity index (χ4n) is 2.03. The molecule has 0 amide bonds. The molecule has 0 radical (unpaired) electrons. The zero-order valence-corrected chi connectivity index (χ0v) is 15.3. The van der Waals surface area contributed by atoms with Crippen molar-refractivity contribution in [2.45, 2.75) is 6.10 Å². The molecule has 0 aromatic heterocycles. The van der Waals surface area contributed by atoms with Gasteiger partial charge in [0.15, 0.2) is 0 Å². The van der Waals surface area contributed by atoms with Crippen molar-refractivity contribution < 1.29 is 14.6 Å². The Hall–Kier alpha value is -0.750. The van der Waals surface area contributed by atoms with Crippen LogP contribution in [0.2, 0.25) is 5.02 Å². The lowest BCUT2D eigenvalue weighted by molar-refractivity contribution is 0.214. The lowest BCUT2D eigenvalue weighted by Crippen LogP contribution is -2.04. The third kappa shape index (κ3) is 3.21. The van der Waals surface area contributed by atoms with Crippen LogP contribution in [0, 0.1) is 0 Å². The molecule has 0 aliphatic heterocycles. The van der Waals surface area contributed by atoms with Crippen LogP contribution >= 0.6 is 43.5 Å². The maximum Gasteiger partial charge on any atom is 0.142 e. The summed E-state index contributed by atoms with van der Waals surface area (Å²) < 4.78 is 12.0. The Kier molecular flexibility index (Phi) is 5.54. The number of methoxy groups -OCH3 is 2. The molecule has 1 atom stereocenters. The van der Waals surface area contributed by atoms with E-state index in [4.69, 9.17) is 21.1 Å². The SMILES string of the molecule is COc1ccc(C(O)c2cccc(Br)c2Cl)c(OC)c1Br. The van der Waals surface area contributed by atoms with Crippen LogP contribution in [-0.4, -0.2) is 19.3 Å². The summed E-state index contributed by atoms with van der Waals surface area (Å²) in [6.45, 7) is 0. The minimum atomic E-state index is -0.910. The summed E-state index contributed by atoms with van der Waals surface area (Å²) in [6.07, 6.45) is -0.910. The lowest BCUT2D eigenvalue weighted by atomic mass is 10.0. The summed E-state index contributed by atoms with van der Waals surface area (Å²) in [5.74, 6) is 1.14. The van der Waals surface area contributed by atoms with E-state index in [0.29, 0.717) is 32.1 Å². The summed E-state index contributed by atoms with van der Waals surface area (Å²) in [7, 11) is 3.11. The average Bonchev–Trinajstić information content (AvgIpc) is 2.49. The Bertz CT molecular complexity index is 662. The fourth-order valence-corrected chi connectivity index (χ4v) is 3.33. The number of hydrogen-bond acceptors (Lipinski definition) is 3. The van der Waals surface area contributed by atoms with E-state index in [1.54, 1.807) is 25.3 Å². The molecule has 0 bridgehead atoms. The molecule has 1 unspecified atom stereocenters. The molecule has 0 saturated heterocycles. The highest BCUT2D eigenvalue weighted by molar-refractivity contribution is 9.11. The van der Waals surface area contributed by atoms with E-state index in [1.165, 1.54) is 7.11 Å². The molecule has 3 nitrogen and oxygen atoms in total. The second-order valence-electron chi connectivity index (χ2n) is 4.25. The topological polar surface area (TPSA) is 38.7 Å². The van der Waals surface area contributed by atoms with Crippen LogP contribution in [0.15, 0.2) is 39.3 Å². The van der Waals surface area contributed by atoms with Gasteiger partial charge in [0.05, 0.1) is 19.2 Å². The molecule has 0 spiro atoms. The maximum absolute atomic E-state index is 10.7. The molecule has 0 heterocycles. The molecule has 112 valence electrons. The van der Waals surface area contributed by atoms with Gasteiger partial charge in [0.1, 0.15) is 22.1 Å². The number of aliphatic hydroxyl groups excluding tert-OH is 1. The van der Waals surface area contributed by atoms with Gasteiger partial charge in [0, 0.05) is 15.6 Å². The van der Waals surface area contributed by atoms with Crippen LogP contribution < -0.4 is 9.47 Å². The first-order chi connectivity index (χ1) is 10.0. The van der Waals surface area contributed by atoms with Gasteiger partial charge in [-0.15, -0.1) is 0 Å². The van der Waals surface area contributed by atoms with Gasteiger partial charge in [0.25, 0.3) is 0 Å². The van der Waals surface area contributed by atoms with Crippen molar-refractivity contribution in [1.29, 1.82) is 0 Å². The Morgan fingerprint density at radius 3 is 2.38 bits per heavy atom. The molecule has 0 saturated carbocycles. The Balaban J connectivity index is 2.56. The smallest absolute Gasteiger partial charge is 0.142 e. The molecule has 0 aliphatic carbocycles. The maximum atomic E-state index is 10.7. The van der Waals surface area contributed by atoms with Crippen molar-refractivity contribution in [1.82, 2.24) is 0 Å². The van der Waals surface area contributed by atoms with Gasteiger partial charge in [-0.2, -0.15) is 0 Å². The van der Waals surface area contributed by atoms with Crippen molar-refractivity contribution in [3.63, 3.8) is 0 Å². The molecular weight excluding hydrogens is 423 g/mol. The van der Waals surface area contributed by atoms with E-state index >= 15 is 0 Å². The van der Waals surface area contributed by atoms with Crippen molar-refractivity contribution in [2.24, 2.45) is 0 Å². The molecular formula is C15H13Br2ClO3. The Morgan fingerprint density at radius 2 is 1.76 bits per heavy atom. The second kappa shape index (κ2) is 7.01. The first kappa shape index (κ1) is 16.6. The Labute approximate surface area is 145 Å². The quantitative estimate of drug-likeness (QED) is 0.736. The summed E-state index contributed by atoms with van der Waals surface area (Å²) in [5.41, 5.74) is 1.20. The standard InChI is InChI=1S/C15H13Br2ClO3/c1-20-11-7-6-9(15(21-2)12(11)17)14(19)8-4-3-5-10(16)13(8)18/h3-7,14,19H,1-2H3. The largest absolute Gasteiger partial charge is 0.495 e. The predicted octanol–water partition coefficient (Wildman–Crippen LogP) is 4.96. The summed E-state index contributed by atoms with van der Waals surface area (Å²) >= 11 is 13.0. The van der Waals surface area contributed by atoms with E-state index < -0.39 is 6.10 Å². The van der Waals surface area contributed by atoms with Crippen molar-refractivity contribution in [2.75, 3.05) is 14.2 Å². The third-order valence-corrected chi connectivity index (χ3v) is 5.15. The van der Waals surface area contributed by atoms with Crippen molar-refractivity contribution >= 4 is 43.5 Å². The molecule has 0 aliphatic rings. The molecule has 1 N–H and O–H groups in total. The van der Waals surface area contributed by atoms with E-state index in [9.17, 15) is 5.11 Å². The van der Waals surface area contributed by atoms with Crippen LogP contribution in [-0.2, 0) is 0 Å². The minimum absolute atomic E-state index is 0.471. The summed E-state index contributed by atoms with van der Waals surface area (Å²) in [5, 5.41) is 11.1. The highest BCUT2D eigenvalue weighted by atomic mass is 79.9. The molecule has 2 aromatic rings. The van der Waals surface area contributed by atoms with Gasteiger partial charge in [-0.1, -0.05) is 23.7 Å². The number of benzene rings is 2. The number of hydrogen-bond donors (Lipinski definition) is 1. The number of ether oxygens (including phenoxy) is 2. The van der Waals surface area contributed by atoms with Gasteiger partial charge in [0.2, 0.25) is 0 Å². The first-order valence-corrected chi connectivity index (χ1v) is 8.00. The van der Waals surface area contributed by atoms with Gasteiger partial charge in [-0.05, 0) is 50.1 Å². The van der Waals surface area contributed by atoms with Crippen LogP contribution in [0.1, 0.15) is 17.2 Å². The van der Waals surface area contributed by atoms with Crippen LogP contribution in [0.4, 0.5) is 0 Å². The average molecular weight is 437 g/mol. The first-order valence-electron chi connectivity index (χ1n) is 6.03. The van der Waals surface area contributed by atoms with Crippen molar-refractivity contribution in [3.8, 4) is 11.5 Å². The van der Waals surface area contributed by atoms with E-state index in [0.717, 1.165) is 4.47 Å². The Morgan fingerprint density at radius 1 is 1.05 bits per heavy atom. The second-order valence-corrected chi connectivity index (χ2v) is 6.28. The predicted molar refractivity (Wildman–Crippen MR) is 90.5 cm³/mol. The zero-order chi connectivity index (χ0) is 15.6.